The predicted molar refractivity (Wildman–Crippen MR) is 53.1 cm³/mol. The smallest absolute Gasteiger partial charge is 0.0847 e. The third-order valence-electron chi connectivity index (χ3n) is 2.02. The molecule has 1 heterocycles. The molecule has 3 nitrogen and oxygen atoms in total. The minimum atomic E-state index is 0.199. The van der Waals surface area contributed by atoms with Crippen molar-refractivity contribution < 1.29 is 5.11 Å². The monoisotopic (exact) mass is 202 g/mol. The van der Waals surface area contributed by atoms with Crippen LogP contribution in [0.3, 0.4) is 0 Å². The van der Waals surface area contributed by atoms with E-state index < -0.39 is 0 Å². The van der Waals surface area contributed by atoms with Crippen molar-refractivity contribution in [1.29, 1.82) is 0 Å². The molecule has 0 spiro atoms. The molecule has 0 saturated heterocycles. The van der Waals surface area contributed by atoms with E-state index in [-0.39, 0.29) is 6.61 Å². The quantitative estimate of drug-likeness (QED) is 0.809. The van der Waals surface area contributed by atoms with Crippen molar-refractivity contribution in [2.24, 2.45) is 0 Å². The molecule has 1 N–H and O–H groups in total. The first-order valence-electron chi connectivity index (χ1n) is 4.53. The van der Waals surface area contributed by atoms with E-state index in [2.05, 4.69) is 5.10 Å². The van der Waals surface area contributed by atoms with Crippen molar-refractivity contribution in [2.45, 2.75) is 33.2 Å². The Labute approximate surface area is 83.3 Å². The van der Waals surface area contributed by atoms with Gasteiger partial charge in [0, 0.05) is 13.2 Å². The lowest BCUT2D eigenvalue weighted by atomic mass is 10.2. The number of rotatable bonds is 4. The zero-order valence-electron chi connectivity index (χ0n) is 8.05. The second-order valence-electron chi connectivity index (χ2n) is 2.99. The molecule has 0 fully saturated rings. The van der Waals surface area contributed by atoms with Gasteiger partial charge in [-0.2, -0.15) is 5.10 Å². The van der Waals surface area contributed by atoms with E-state index in [1.807, 2.05) is 18.5 Å². The van der Waals surface area contributed by atoms with Gasteiger partial charge in [-0.3, -0.25) is 4.68 Å². The molecule has 0 bridgehead atoms. The van der Waals surface area contributed by atoms with Gasteiger partial charge < -0.3 is 5.11 Å². The molecule has 4 heteroatoms. The van der Waals surface area contributed by atoms with Crippen LogP contribution in [0.25, 0.3) is 0 Å². The Hall–Kier alpha value is -0.540. The van der Waals surface area contributed by atoms with E-state index in [4.69, 9.17) is 16.7 Å². The summed E-state index contributed by atoms with van der Waals surface area (Å²) >= 11 is 6.06. The molecule has 0 amide bonds. The topological polar surface area (TPSA) is 38.0 Å². The highest BCUT2D eigenvalue weighted by atomic mass is 35.5. The molecule has 0 unspecified atom stereocenters. The lowest BCUT2D eigenvalue weighted by Gasteiger charge is -2.03. The van der Waals surface area contributed by atoms with Gasteiger partial charge in [-0.05, 0) is 26.7 Å². The number of nitrogens with zero attached hydrogens (tertiary/aromatic N) is 2. The number of halogens is 1. The molecule has 74 valence electrons. The first kappa shape index (κ1) is 10.5. The van der Waals surface area contributed by atoms with Crippen molar-refractivity contribution in [3.8, 4) is 0 Å². The molecule has 0 atom stereocenters. The Bertz CT molecular complexity index is 283. The number of aliphatic hydroxyl groups excluding tert-OH is 1. The average molecular weight is 203 g/mol. The molecular formula is C9H15ClN2O. The highest BCUT2D eigenvalue weighted by Gasteiger charge is 2.11. The van der Waals surface area contributed by atoms with Crippen LogP contribution in [0.1, 0.15) is 24.7 Å². The van der Waals surface area contributed by atoms with Crippen LogP contribution in [0.4, 0.5) is 0 Å². The van der Waals surface area contributed by atoms with Crippen molar-refractivity contribution in [2.75, 3.05) is 6.61 Å². The van der Waals surface area contributed by atoms with Crippen LogP contribution in [0.5, 0.6) is 0 Å². The van der Waals surface area contributed by atoms with Crippen LogP contribution in [-0.2, 0) is 13.0 Å². The van der Waals surface area contributed by atoms with Gasteiger partial charge in [-0.15, -0.1) is 0 Å². The Balaban J connectivity index is 2.88. The Morgan fingerprint density at radius 3 is 2.77 bits per heavy atom. The molecule has 1 aromatic rings. The van der Waals surface area contributed by atoms with Gasteiger partial charge in [-0.1, -0.05) is 11.6 Å². The first-order valence-corrected chi connectivity index (χ1v) is 4.91. The van der Waals surface area contributed by atoms with Crippen molar-refractivity contribution in [1.82, 2.24) is 9.78 Å². The molecule has 0 aromatic carbocycles. The second-order valence-corrected chi connectivity index (χ2v) is 3.37. The summed E-state index contributed by atoms with van der Waals surface area (Å²) in [5, 5.41) is 13.7. The number of hydrogen-bond acceptors (Lipinski definition) is 2. The van der Waals surface area contributed by atoms with Gasteiger partial charge in [0.25, 0.3) is 0 Å². The second kappa shape index (κ2) is 4.63. The summed E-state index contributed by atoms with van der Waals surface area (Å²) in [7, 11) is 0. The fourth-order valence-corrected chi connectivity index (χ4v) is 1.58. The molecule has 0 saturated carbocycles. The summed E-state index contributed by atoms with van der Waals surface area (Å²) in [6, 6.07) is 0. The van der Waals surface area contributed by atoms with Crippen LogP contribution in [0.2, 0.25) is 5.02 Å². The van der Waals surface area contributed by atoms with Crippen molar-refractivity contribution in [3.63, 3.8) is 0 Å². The van der Waals surface area contributed by atoms with Gasteiger partial charge in [0.15, 0.2) is 0 Å². The Kier molecular flexibility index (Phi) is 3.75. The lowest BCUT2D eigenvalue weighted by molar-refractivity contribution is 0.287. The SMILES string of the molecule is CCn1nc(C)c(Cl)c1CCCO. The lowest BCUT2D eigenvalue weighted by Crippen LogP contribution is -2.03. The zero-order valence-corrected chi connectivity index (χ0v) is 8.80. The van der Waals surface area contributed by atoms with Crippen LogP contribution in [-0.4, -0.2) is 21.5 Å². The first-order chi connectivity index (χ1) is 6.20. The van der Waals surface area contributed by atoms with Crippen LogP contribution >= 0.6 is 11.6 Å². The minimum Gasteiger partial charge on any atom is -0.396 e. The van der Waals surface area contributed by atoms with E-state index in [0.717, 1.165) is 35.8 Å². The molecule has 0 aliphatic rings. The predicted octanol–water partition coefficient (Wildman–Crippen LogP) is 1.79. The van der Waals surface area contributed by atoms with Gasteiger partial charge in [0.2, 0.25) is 0 Å². The maximum Gasteiger partial charge on any atom is 0.0847 e. The number of aliphatic hydroxyl groups is 1. The molecular weight excluding hydrogens is 188 g/mol. The van der Waals surface area contributed by atoms with Crippen LogP contribution in [0, 0.1) is 6.92 Å². The fraction of sp³-hybridized carbons (Fsp3) is 0.667. The van der Waals surface area contributed by atoms with E-state index in [9.17, 15) is 0 Å². The molecule has 0 aliphatic carbocycles. The van der Waals surface area contributed by atoms with Crippen LogP contribution < -0.4 is 0 Å². The minimum absolute atomic E-state index is 0.199. The van der Waals surface area contributed by atoms with E-state index in [0.29, 0.717) is 0 Å². The summed E-state index contributed by atoms with van der Waals surface area (Å²) in [4.78, 5) is 0. The maximum atomic E-state index is 8.72. The average Bonchev–Trinajstić information content (AvgIpc) is 2.40. The third-order valence-corrected chi connectivity index (χ3v) is 2.52. The summed E-state index contributed by atoms with van der Waals surface area (Å²) < 4.78 is 1.90. The van der Waals surface area contributed by atoms with Gasteiger partial charge in [-0.25, -0.2) is 0 Å². The molecule has 1 rings (SSSR count). The third kappa shape index (κ3) is 2.23. The number of hydrogen-bond donors (Lipinski definition) is 1. The standard InChI is InChI=1S/C9H15ClN2O/c1-3-12-8(5-4-6-13)9(10)7(2)11-12/h13H,3-6H2,1-2H3. The largest absolute Gasteiger partial charge is 0.396 e. The van der Waals surface area contributed by atoms with Crippen molar-refractivity contribution in [3.05, 3.63) is 16.4 Å². The molecule has 0 aliphatic heterocycles. The normalized spacial score (nSPS) is 10.8. The molecule has 1 aromatic heterocycles. The number of aromatic nitrogens is 2. The summed E-state index contributed by atoms with van der Waals surface area (Å²) in [5.74, 6) is 0. The van der Waals surface area contributed by atoms with Gasteiger partial charge in [0.1, 0.15) is 0 Å². The zero-order chi connectivity index (χ0) is 9.84. The highest BCUT2D eigenvalue weighted by Crippen LogP contribution is 2.21. The van der Waals surface area contributed by atoms with E-state index in [1.54, 1.807) is 0 Å². The van der Waals surface area contributed by atoms with Gasteiger partial charge in [0.05, 0.1) is 16.4 Å². The highest BCUT2D eigenvalue weighted by molar-refractivity contribution is 6.31. The van der Waals surface area contributed by atoms with Crippen LogP contribution in [0.15, 0.2) is 0 Å². The molecule has 0 radical (unpaired) electrons. The Morgan fingerprint density at radius 1 is 1.54 bits per heavy atom. The number of aryl methyl sites for hydroxylation is 2. The van der Waals surface area contributed by atoms with Crippen molar-refractivity contribution >= 4 is 11.6 Å². The maximum absolute atomic E-state index is 8.72. The summed E-state index contributed by atoms with van der Waals surface area (Å²) in [6.45, 7) is 4.96. The fourth-order valence-electron chi connectivity index (χ4n) is 1.35. The summed E-state index contributed by atoms with van der Waals surface area (Å²) in [6.07, 6.45) is 1.54. The van der Waals surface area contributed by atoms with E-state index in [1.165, 1.54) is 0 Å². The van der Waals surface area contributed by atoms with E-state index >= 15 is 0 Å². The van der Waals surface area contributed by atoms with Gasteiger partial charge >= 0.3 is 0 Å². The molecule has 13 heavy (non-hydrogen) atoms. The summed E-state index contributed by atoms with van der Waals surface area (Å²) in [5.41, 5.74) is 1.91. The Morgan fingerprint density at radius 2 is 2.23 bits per heavy atom.